The zero-order valence-electron chi connectivity index (χ0n) is 17.0. The number of halogens is 3. The van der Waals surface area contributed by atoms with Crippen molar-refractivity contribution in [3.8, 4) is 16.3 Å². The van der Waals surface area contributed by atoms with Crippen molar-refractivity contribution in [1.82, 2.24) is 9.55 Å². The second-order valence-electron chi connectivity index (χ2n) is 7.25. The molecule has 0 amide bonds. The van der Waals surface area contributed by atoms with E-state index in [0.717, 1.165) is 33.6 Å². The molecule has 0 fully saturated rings. The SMILES string of the molecule is Cc1sc(-c2ccc(C(F)(F)F)cc2)nc1CCOc1ccc2ccn(CC(=O)O)c2c1. The molecular weight excluding hydrogens is 441 g/mol. The van der Waals surface area contributed by atoms with E-state index in [1.807, 2.05) is 25.1 Å². The number of benzene rings is 2. The third kappa shape index (κ3) is 4.77. The van der Waals surface area contributed by atoms with Crippen molar-refractivity contribution in [2.45, 2.75) is 26.1 Å². The molecule has 0 bridgehead atoms. The fourth-order valence-corrected chi connectivity index (χ4v) is 4.35. The van der Waals surface area contributed by atoms with E-state index in [-0.39, 0.29) is 6.54 Å². The number of thiazole rings is 1. The van der Waals surface area contributed by atoms with Crippen molar-refractivity contribution < 1.29 is 27.8 Å². The summed E-state index contributed by atoms with van der Waals surface area (Å²) < 4.78 is 45.8. The van der Waals surface area contributed by atoms with E-state index < -0.39 is 17.7 Å². The van der Waals surface area contributed by atoms with Gasteiger partial charge in [0, 0.05) is 29.1 Å². The van der Waals surface area contributed by atoms with Crippen LogP contribution in [0.2, 0.25) is 0 Å². The van der Waals surface area contributed by atoms with Crippen LogP contribution in [0.15, 0.2) is 54.7 Å². The van der Waals surface area contributed by atoms with Gasteiger partial charge in [0.25, 0.3) is 0 Å². The van der Waals surface area contributed by atoms with Crippen molar-refractivity contribution in [3.63, 3.8) is 0 Å². The summed E-state index contributed by atoms with van der Waals surface area (Å²) in [6, 6.07) is 12.3. The van der Waals surface area contributed by atoms with E-state index in [2.05, 4.69) is 4.98 Å². The second-order valence-corrected chi connectivity index (χ2v) is 8.46. The van der Waals surface area contributed by atoms with Gasteiger partial charge in [0.2, 0.25) is 0 Å². The monoisotopic (exact) mass is 460 g/mol. The lowest BCUT2D eigenvalue weighted by Crippen LogP contribution is -2.07. The van der Waals surface area contributed by atoms with Gasteiger partial charge in [-0.3, -0.25) is 4.79 Å². The highest BCUT2D eigenvalue weighted by molar-refractivity contribution is 7.15. The quantitative estimate of drug-likeness (QED) is 0.379. The minimum absolute atomic E-state index is 0.127. The number of nitrogens with zero attached hydrogens (tertiary/aromatic N) is 2. The number of rotatable bonds is 7. The molecule has 0 atom stereocenters. The third-order valence-corrected chi connectivity index (χ3v) is 6.07. The fraction of sp³-hybridized carbons (Fsp3) is 0.217. The molecule has 2 aromatic carbocycles. The van der Waals surface area contributed by atoms with Crippen molar-refractivity contribution in [2.75, 3.05) is 6.61 Å². The molecule has 2 aromatic heterocycles. The average molecular weight is 460 g/mol. The molecule has 0 radical (unpaired) electrons. The van der Waals surface area contributed by atoms with Crippen LogP contribution in [0.3, 0.4) is 0 Å². The maximum absolute atomic E-state index is 12.8. The normalized spacial score (nSPS) is 11.8. The molecule has 9 heteroatoms. The zero-order chi connectivity index (χ0) is 22.9. The van der Waals surface area contributed by atoms with Crippen LogP contribution in [0.25, 0.3) is 21.5 Å². The summed E-state index contributed by atoms with van der Waals surface area (Å²) in [7, 11) is 0. The number of carboxylic acids is 1. The number of ether oxygens (including phenoxy) is 1. The Morgan fingerprint density at radius 2 is 1.91 bits per heavy atom. The molecule has 1 N–H and O–H groups in total. The van der Waals surface area contributed by atoms with Gasteiger partial charge in [-0.25, -0.2) is 4.98 Å². The van der Waals surface area contributed by atoms with E-state index in [4.69, 9.17) is 9.84 Å². The Morgan fingerprint density at radius 3 is 2.59 bits per heavy atom. The summed E-state index contributed by atoms with van der Waals surface area (Å²) >= 11 is 1.43. The molecule has 5 nitrogen and oxygen atoms in total. The molecule has 0 spiro atoms. The average Bonchev–Trinajstić information content (AvgIpc) is 3.30. The Balaban J connectivity index is 1.42. The van der Waals surface area contributed by atoms with Crippen LogP contribution in [0.1, 0.15) is 16.1 Å². The smallest absolute Gasteiger partial charge is 0.416 e. The highest BCUT2D eigenvalue weighted by Crippen LogP contribution is 2.33. The van der Waals surface area contributed by atoms with Crippen LogP contribution in [0, 0.1) is 6.92 Å². The molecule has 0 saturated heterocycles. The minimum atomic E-state index is -4.36. The Morgan fingerprint density at radius 1 is 1.16 bits per heavy atom. The maximum atomic E-state index is 12.8. The molecule has 4 rings (SSSR count). The summed E-state index contributed by atoms with van der Waals surface area (Å²) in [5.41, 5.74) is 1.57. The number of carbonyl (C=O) groups is 1. The first-order valence-corrected chi connectivity index (χ1v) is 10.6. The van der Waals surface area contributed by atoms with Crippen LogP contribution >= 0.6 is 11.3 Å². The zero-order valence-corrected chi connectivity index (χ0v) is 17.8. The highest BCUT2D eigenvalue weighted by Gasteiger charge is 2.30. The minimum Gasteiger partial charge on any atom is -0.493 e. The standard InChI is InChI=1S/C23H19F3N2O3S/c1-14-19(27-22(32-14)16-2-5-17(6-3-16)23(24,25)26)9-11-31-18-7-4-15-8-10-28(13-21(29)30)20(15)12-18/h2-8,10,12H,9,11,13H2,1H3,(H,29,30). The van der Waals surface area contributed by atoms with E-state index in [0.29, 0.717) is 29.3 Å². The maximum Gasteiger partial charge on any atom is 0.416 e. The van der Waals surface area contributed by atoms with Gasteiger partial charge in [-0.15, -0.1) is 11.3 Å². The summed E-state index contributed by atoms with van der Waals surface area (Å²) in [6.45, 7) is 2.16. The van der Waals surface area contributed by atoms with Crippen molar-refractivity contribution >= 4 is 28.2 Å². The lowest BCUT2D eigenvalue weighted by Gasteiger charge is -2.07. The lowest BCUT2D eigenvalue weighted by molar-refractivity contribution is -0.138. The van der Waals surface area contributed by atoms with Crippen LogP contribution < -0.4 is 4.74 Å². The summed E-state index contributed by atoms with van der Waals surface area (Å²) in [5.74, 6) is -0.296. The molecule has 2 heterocycles. The predicted molar refractivity (Wildman–Crippen MR) is 116 cm³/mol. The first-order valence-electron chi connectivity index (χ1n) is 9.78. The Labute approximate surface area is 185 Å². The van der Waals surface area contributed by atoms with Crippen LogP contribution in [0.5, 0.6) is 5.75 Å². The molecule has 4 aromatic rings. The number of hydrogen-bond donors (Lipinski definition) is 1. The van der Waals surface area contributed by atoms with Crippen molar-refractivity contribution in [3.05, 3.63) is 70.9 Å². The number of carboxylic acid groups (broad SMARTS) is 1. The number of aromatic nitrogens is 2. The topological polar surface area (TPSA) is 64.4 Å². The number of aryl methyl sites for hydroxylation is 1. The van der Waals surface area contributed by atoms with Crippen molar-refractivity contribution in [1.29, 1.82) is 0 Å². The lowest BCUT2D eigenvalue weighted by atomic mass is 10.1. The van der Waals surface area contributed by atoms with Gasteiger partial charge in [-0.05, 0) is 42.6 Å². The molecule has 0 aliphatic carbocycles. The Hall–Kier alpha value is -3.33. The Bertz CT molecular complexity index is 1260. The fourth-order valence-electron chi connectivity index (χ4n) is 3.39. The molecule has 32 heavy (non-hydrogen) atoms. The van der Waals surface area contributed by atoms with E-state index in [1.54, 1.807) is 16.8 Å². The van der Waals surface area contributed by atoms with Gasteiger partial charge >= 0.3 is 12.1 Å². The number of hydrogen-bond acceptors (Lipinski definition) is 4. The van der Waals surface area contributed by atoms with E-state index in [9.17, 15) is 18.0 Å². The number of fused-ring (bicyclic) bond motifs is 1. The summed E-state index contributed by atoms with van der Waals surface area (Å²) in [4.78, 5) is 16.6. The van der Waals surface area contributed by atoms with E-state index >= 15 is 0 Å². The first kappa shape index (κ1) is 21.9. The third-order valence-electron chi connectivity index (χ3n) is 5.01. The van der Waals surface area contributed by atoms with Crippen LogP contribution in [-0.4, -0.2) is 27.2 Å². The first-order chi connectivity index (χ1) is 15.2. The second kappa shape index (κ2) is 8.66. The summed E-state index contributed by atoms with van der Waals surface area (Å²) in [5, 5.41) is 10.6. The molecule has 0 unspecified atom stereocenters. The molecule has 0 aliphatic rings. The van der Waals surface area contributed by atoms with Gasteiger partial charge in [-0.1, -0.05) is 12.1 Å². The van der Waals surface area contributed by atoms with Gasteiger partial charge < -0.3 is 14.4 Å². The van der Waals surface area contributed by atoms with Crippen LogP contribution in [-0.2, 0) is 23.9 Å². The van der Waals surface area contributed by atoms with Gasteiger partial charge in [0.05, 0.1) is 23.4 Å². The number of aliphatic carboxylic acids is 1. The Kier molecular flexibility index (Phi) is 5.92. The summed E-state index contributed by atoms with van der Waals surface area (Å²) in [6.07, 6.45) is -2.10. The molecule has 166 valence electrons. The molecular formula is C23H19F3N2O3S. The predicted octanol–water partition coefficient (Wildman–Crippen LogP) is 5.80. The van der Waals surface area contributed by atoms with Crippen LogP contribution in [0.4, 0.5) is 13.2 Å². The largest absolute Gasteiger partial charge is 0.493 e. The van der Waals surface area contributed by atoms with Gasteiger partial charge in [0.15, 0.2) is 0 Å². The highest BCUT2D eigenvalue weighted by atomic mass is 32.1. The molecule has 0 saturated carbocycles. The van der Waals surface area contributed by atoms with Gasteiger partial charge in [-0.2, -0.15) is 13.2 Å². The molecule has 0 aliphatic heterocycles. The van der Waals surface area contributed by atoms with Crippen molar-refractivity contribution in [2.24, 2.45) is 0 Å². The van der Waals surface area contributed by atoms with E-state index in [1.165, 1.54) is 23.5 Å². The van der Waals surface area contributed by atoms with Gasteiger partial charge in [0.1, 0.15) is 17.3 Å². The number of alkyl halides is 3.